The summed E-state index contributed by atoms with van der Waals surface area (Å²) in [5, 5.41) is 2.78. The fourth-order valence-electron chi connectivity index (χ4n) is 1.28. The highest BCUT2D eigenvalue weighted by atomic mass is 32.2. The average Bonchev–Trinajstić information content (AvgIpc) is 2.30. The minimum Gasteiger partial charge on any atom is -0.324 e. The van der Waals surface area contributed by atoms with E-state index in [0.29, 0.717) is 23.6 Å². The molecular formula is C12H18N2O3S2. The van der Waals surface area contributed by atoms with Crippen molar-refractivity contribution in [2.45, 2.75) is 13.3 Å². The lowest BCUT2D eigenvalue weighted by molar-refractivity contribution is -0.115. The standard InChI is InChI=1S/C12H18N2O3S2/c1-10-3-5-13-9-11(10)14-12(15)4-6-18-7-8-19(2,16)17/h3,5,9H,4,6-8H2,1-2H3,(H,14,15). The molecule has 0 saturated heterocycles. The second kappa shape index (κ2) is 7.49. The molecule has 0 aliphatic carbocycles. The van der Waals surface area contributed by atoms with Crippen molar-refractivity contribution in [1.29, 1.82) is 0 Å². The Morgan fingerprint density at radius 2 is 2.16 bits per heavy atom. The van der Waals surface area contributed by atoms with E-state index < -0.39 is 9.84 Å². The van der Waals surface area contributed by atoms with Crippen LogP contribution in [-0.2, 0) is 14.6 Å². The fraction of sp³-hybridized carbons (Fsp3) is 0.500. The molecule has 0 radical (unpaired) electrons. The third-order valence-electron chi connectivity index (χ3n) is 2.39. The minimum atomic E-state index is -2.91. The van der Waals surface area contributed by atoms with Crippen LogP contribution in [0.4, 0.5) is 5.69 Å². The zero-order valence-corrected chi connectivity index (χ0v) is 12.7. The number of rotatable bonds is 7. The van der Waals surface area contributed by atoms with Crippen LogP contribution in [0, 0.1) is 6.92 Å². The Morgan fingerprint density at radius 3 is 2.79 bits per heavy atom. The SMILES string of the molecule is Cc1ccncc1NC(=O)CCSCCS(C)(=O)=O. The van der Waals surface area contributed by atoms with E-state index in [1.54, 1.807) is 12.4 Å². The maximum atomic E-state index is 11.7. The van der Waals surface area contributed by atoms with E-state index in [4.69, 9.17) is 0 Å². The number of anilines is 1. The summed E-state index contributed by atoms with van der Waals surface area (Å²) in [5.41, 5.74) is 1.68. The van der Waals surface area contributed by atoms with Crippen LogP contribution in [0.3, 0.4) is 0 Å². The van der Waals surface area contributed by atoms with E-state index in [-0.39, 0.29) is 11.7 Å². The van der Waals surface area contributed by atoms with E-state index in [1.807, 2.05) is 13.0 Å². The zero-order chi connectivity index (χ0) is 14.3. The number of hydrogen-bond acceptors (Lipinski definition) is 5. The van der Waals surface area contributed by atoms with Crippen LogP contribution in [0.2, 0.25) is 0 Å². The summed E-state index contributed by atoms with van der Waals surface area (Å²) in [7, 11) is -2.91. The van der Waals surface area contributed by atoms with E-state index in [2.05, 4.69) is 10.3 Å². The molecule has 0 spiro atoms. The van der Waals surface area contributed by atoms with Crippen molar-refractivity contribution in [2.75, 3.05) is 28.8 Å². The summed E-state index contributed by atoms with van der Waals surface area (Å²) in [6.45, 7) is 1.90. The molecule has 1 amide bonds. The number of hydrogen-bond donors (Lipinski definition) is 1. The fourth-order valence-corrected chi connectivity index (χ4v) is 3.50. The maximum absolute atomic E-state index is 11.7. The third kappa shape index (κ3) is 7.17. The van der Waals surface area contributed by atoms with Gasteiger partial charge in [0.2, 0.25) is 5.91 Å². The first kappa shape index (κ1) is 16.0. The van der Waals surface area contributed by atoms with Crippen LogP contribution >= 0.6 is 11.8 Å². The molecule has 106 valence electrons. The van der Waals surface area contributed by atoms with Crippen LogP contribution in [0.15, 0.2) is 18.5 Å². The summed E-state index contributed by atoms with van der Waals surface area (Å²) in [5.74, 6) is 1.21. The Balaban J connectivity index is 2.24. The largest absolute Gasteiger partial charge is 0.324 e. The number of aryl methyl sites for hydroxylation is 1. The summed E-state index contributed by atoms with van der Waals surface area (Å²) in [6.07, 6.45) is 4.87. The molecule has 1 rings (SSSR count). The predicted octanol–water partition coefficient (Wildman–Crippen LogP) is 1.50. The Labute approximate surface area is 118 Å². The summed E-state index contributed by atoms with van der Waals surface area (Å²) >= 11 is 1.47. The number of carbonyl (C=O) groups excluding carboxylic acids is 1. The molecule has 1 heterocycles. The molecule has 0 aliphatic rings. The van der Waals surface area contributed by atoms with Crippen LogP contribution in [0.1, 0.15) is 12.0 Å². The highest BCUT2D eigenvalue weighted by Gasteiger charge is 2.06. The highest BCUT2D eigenvalue weighted by molar-refractivity contribution is 8.00. The van der Waals surface area contributed by atoms with Gasteiger partial charge in [-0.15, -0.1) is 0 Å². The van der Waals surface area contributed by atoms with Gasteiger partial charge in [-0.3, -0.25) is 9.78 Å². The van der Waals surface area contributed by atoms with Gasteiger partial charge in [0.25, 0.3) is 0 Å². The third-order valence-corrected chi connectivity index (χ3v) is 4.57. The Kier molecular flexibility index (Phi) is 6.30. The van der Waals surface area contributed by atoms with Crippen molar-refractivity contribution in [3.05, 3.63) is 24.0 Å². The molecule has 0 aliphatic heterocycles. The van der Waals surface area contributed by atoms with Gasteiger partial charge in [0, 0.05) is 30.4 Å². The molecule has 0 bridgehead atoms. The summed E-state index contributed by atoms with van der Waals surface area (Å²) < 4.78 is 21.8. The molecule has 0 saturated carbocycles. The Morgan fingerprint density at radius 1 is 1.42 bits per heavy atom. The summed E-state index contributed by atoms with van der Waals surface area (Å²) in [4.78, 5) is 15.6. The highest BCUT2D eigenvalue weighted by Crippen LogP contribution is 2.12. The number of aromatic nitrogens is 1. The first-order valence-corrected chi connectivity index (χ1v) is 9.06. The lowest BCUT2D eigenvalue weighted by Crippen LogP contribution is -2.14. The number of sulfone groups is 1. The van der Waals surface area contributed by atoms with Gasteiger partial charge in [-0.25, -0.2) is 8.42 Å². The van der Waals surface area contributed by atoms with E-state index in [9.17, 15) is 13.2 Å². The van der Waals surface area contributed by atoms with Crippen molar-refractivity contribution in [2.24, 2.45) is 0 Å². The monoisotopic (exact) mass is 302 g/mol. The lowest BCUT2D eigenvalue weighted by Gasteiger charge is -2.07. The van der Waals surface area contributed by atoms with Crippen molar-refractivity contribution >= 4 is 33.2 Å². The smallest absolute Gasteiger partial charge is 0.225 e. The normalized spacial score (nSPS) is 11.3. The van der Waals surface area contributed by atoms with Crippen LogP contribution in [0.5, 0.6) is 0 Å². The van der Waals surface area contributed by atoms with Gasteiger partial charge in [0.15, 0.2) is 0 Å². The van der Waals surface area contributed by atoms with Crippen molar-refractivity contribution < 1.29 is 13.2 Å². The zero-order valence-electron chi connectivity index (χ0n) is 11.0. The molecule has 7 heteroatoms. The number of amides is 1. The number of pyridine rings is 1. The molecule has 19 heavy (non-hydrogen) atoms. The molecule has 0 unspecified atom stereocenters. The lowest BCUT2D eigenvalue weighted by atomic mass is 10.2. The van der Waals surface area contributed by atoms with Gasteiger partial charge < -0.3 is 5.32 Å². The van der Waals surface area contributed by atoms with Crippen molar-refractivity contribution in [3.63, 3.8) is 0 Å². The van der Waals surface area contributed by atoms with E-state index >= 15 is 0 Å². The van der Waals surface area contributed by atoms with Crippen LogP contribution in [-0.4, -0.2) is 42.8 Å². The average molecular weight is 302 g/mol. The minimum absolute atomic E-state index is 0.0806. The predicted molar refractivity (Wildman–Crippen MR) is 79.3 cm³/mol. The molecule has 1 aromatic rings. The van der Waals surface area contributed by atoms with Crippen molar-refractivity contribution in [1.82, 2.24) is 4.98 Å². The Bertz CT molecular complexity index is 530. The number of nitrogens with one attached hydrogen (secondary N) is 1. The first-order chi connectivity index (χ1) is 8.88. The quantitative estimate of drug-likeness (QED) is 0.772. The summed E-state index contributed by atoms with van der Waals surface area (Å²) in [6, 6.07) is 1.83. The van der Waals surface area contributed by atoms with E-state index in [0.717, 1.165) is 5.56 Å². The first-order valence-electron chi connectivity index (χ1n) is 5.84. The van der Waals surface area contributed by atoms with Crippen LogP contribution in [0.25, 0.3) is 0 Å². The molecule has 0 fully saturated rings. The van der Waals surface area contributed by atoms with Gasteiger partial charge in [0.1, 0.15) is 9.84 Å². The van der Waals surface area contributed by atoms with Gasteiger partial charge in [0.05, 0.1) is 17.6 Å². The molecular weight excluding hydrogens is 284 g/mol. The maximum Gasteiger partial charge on any atom is 0.225 e. The van der Waals surface area contributed by atoms with Gasteiger partial charge in [-0.05, 0) is 18.6 Å². The molecule has 0 aromatic carbocycles. The number of thioether (sulfide) groups is 1. The second-order valence-electron chi connectivity index (χ2n) is 4.23. The topological polar surface area (TPSA) is 76.1 Å². The number of carbonyl (C=O) groups is 1. The molecule has 0 atom stereocenters. The van der Waals surface area contributed by atoms with Gasteiger partial charge >= 0.3 is 0 Å². The Hall–Kier alpha value is -1.08. The molecule has 1 aromatic heterocycles. The van der Waals surface area contributed by atoms with Crippen LogP contribution < -0.4 is 5.32 Å². The van der Waals surface area contributed by atoms with Crippen molar-refractivity contribution in [3.8, 4) is 0 Å². The van der Waals surface area contributed by atoms with Gasteiger partial charge in [-0.1, -0.05) is 0 Å². The van der Waals surface area contributed by atoms with E-state index in [1.165, 1.54) is 18.0 Å². The second-order valence-corrected chi connectivity index (χ2v) is 7.72. The molecule has 1 N–H and O–H groups in total. The molecule has 5 nitrogen and oxygen atoms in total. The van der Waals surface area contributed by atoms with Gasteiger partial charge in [-0.2, -0.15) is 11.8 Å². The number of nitrogens with zero attached hydrogens (tertiary/aromatic N) is 1.